The summed E-state index contributed by atoms with van der Waals surface area (Å²) in [5.74, 6) is -1.39. The zero-order valence-electron chi connectivity index (χ0n) is 10.9. The molecule has 1 amide bonds. The van der Waals surface area contributed by atoms with Crippen LogP contribution in [0, 0.1) is 0 Å². The molecule has 0 aliphatic heterocycles. The van der Waals surface area contributed by atoms with Crippen LogP contribution in [0.15, 0.2) is 24.3 Å². The molecule has 19 heavy (non-hydrogen) atoms. The van der Waals surface area contributed by atoms with Crippen molar-refractivity contribution in [3.63, 3.8) is 0 Å². The Morgan fingerprint density at radius 1 is 1.26 bits per heavy atom. The molecule has 1 aromatic carbocycles. The number of carbonyl (C=O) groups is 1. The average molecular weight is 275 g/mol. The first kappa shape index (κ1) is 15.3. The van der Waals surface area contributed by atoms with E-state index in [1.807, 2.05) is 19.2 Å². The lowest BCUT2D eigenvalue weighted by Crippen LogP contribution is -2.38. The highest BCUT2D eigenvalue weighted by atomic mass is 19.4. The van der Waals surface area contributed by atoms with Crippen LogP contribution in [-0.4, -0.2) is 18.2 Å². The van der Waals surface area contributed by atoms with Gasteiger partial charge in [0.25, 0.3) is 0 Å². The summed E-state index contributed by atoms with van der Waals surface area (Å²) in [4.78, 5) is 10.8. The number of carbonyl (C=O) groups excluding carboxylic acids is 1. The Bertz CT molecular complexity index is 444. The molecule has 0 bridgehead atoms. The van der Waals surface area contributed by atoms with Gasteiger partial charge in [-0.05, 0) is 38.5 Å². The van der Waals surface area contributed by atoms with Crippen molar-refractivity contribution in [3.8, 4) is 5.75 Å². The van der Waals surface area contributed by atoms with E-state index >= 15 is 0 Å². The minimum Gasteiger partial charge on any atom is -0.491 e. The number of halogens is 3. The summed E-state index contributed by atoms with van der Waals surface area (Å²) < 4.78 is 41.9. The quantitative estimate of drug-likeness (QED) is 0.916. The summed E-state index contributed by atoms with van der Waals surface area (Å²) in [5, 5.41) is 1.90. The van der Waals surface area contributed by atoms with Gasteiger partial charge in [-0.2, -0.15) is 13.2 Å². The van der Waals surface area contributed by atoms with E-state index in [1.165, 1.54) is 6.92 Å². The van der Waals surface area contributed by atoms with E-state index in [4.69, 9.17) is 4.74 Å². The predicted molar refractivity (Wildman–Crippen MR) is 64.8 cm³/mol. The molecule has 0 saturated carbocycles. The van der Waals surface area contributed by atoms with Gasteiger partial charge < -0.3 is 10.1 Å². The molecule has 0 spiro atoms. The van der Waals surface area contributed by atoms with Gasteiger partial charge >= 0.3 is 12.1 Å². The lowest BCUT2D eigenvalue weighted by Gasteiger charge is -2.17. The van der Waals surface area contributed by atoms with Crippen LogP contribution in [0.3, 0.4) is 0 Å². The van der Waals surface area contributed by atoms with Crippen LogP contribution in [-0.2, 0) is 4.79 Å². The molecule has 1 N–H and O–H groups in total. The minimum atomic E-state index is -4.87. The molecule has 0 aromatic heterocycles. The van der Waals surface area contributed by atoms with E-state index in [-0.39, 0.29) is 6.10 Å². The number of benzene rings is 1. The van der Waals surface area contributed by atoms with Crippen LogP contribution in [0.5, 0.6) is 5.75 Å². The third-order valence-corrected chi connectivity index (χ3v) is 2.33. The van der Waals surface area contributed by atoms with E-state index in [2.05, 4.69) is 0 Å². The number of amides is 1. The first-order valence-electron chi connectivity index (χ1n) is 5.84. The van der Waals surface area contributed by atoms with Gasteiger partial charge in [-0.15, -0.1) is 0 Å². The smallest absolute Gasteiger partial charge is 0.471 e. The number of hydrogen-bond donors (Lipinski definition) is 1. The summed E-state index contributed by atoms with van der Waals surface area (Å²) >= 11 is 0. The Kier molecular flexibility index (Phi) is 4.80. The summed E-state index contributed by atoms with van der Waals surface area (Å²) in [7, 11) is 0. The molecule has 0 aliphatic carbocycles. The maximum atomic E-state index is 12.1. The summed E-state index contributed by atoms with van der Waals surface area (Å²) in [6.45, 7) is 5.18. The van der Waals surface area contributed by atoms with E-state index < -0.39 is 18.1 Å². The van der Waals surface area contributed by atoms with Crippen LogP contribution < -0.4 is 10.1 Å². The maximum Gasteiger partial charge on any atom is 0.471 e. The average Bonchev–Trinajstić information content (AvgIpc) is 2.27. The fourth-order valence-corrected chi connectivity index (χ4v) is 1.49. The van der Waals surface area contributed by atoms with Crippen molar-refractivity contribution >= 4 is 5.91 Å². The Hall–Kier alpha value is -1.72. The monoisotopic (exact) mass is 275 g/mol. The SMILES string of the molecule is CC(C)Oc1cccc(C(C)NC(=O)C(F)(F)F)c1. The van der Waals surface area contributed by atoms with Crippen LogP contribution in [0.1, 0.15) is 32.4 Å². The van der Waals surface area contributed by atoms with Crippen LogP contribution in [0.2, 0.25) is 0 Å². The molecule has 106 valence electrons. The molecule has 0 heterocycles. The Morgan fingerprint density at radius 2 is 1.89 bits per heavy atom. The molecule has 1 unspecified atom stereocenters. The summed E-state index contributed by atoms with van der Waals surface area (Å²) in [6, 6.07) is 5.88. The summed E-state index contributed by atoms with van der Waals surface area (Å²) in [5.41, 5.74) is 0.552. The van der Waals surface area contributed by atoms with Gasteiger partial charge in [0.2, 0.25) is 0 Å². The highest BCUT2D eigenvalue weighted by molar-refractivity contribution is 5.82. The van der Waals surface area contributed by atoms with Crippen molar-refractivity contribution < 1.29 is 22.7 Å². The number of alkyl halides is 3. The van der Waals surface area contributed by atoms with E-state index in [0.29, 0.717) is 11.3 Å². The number of hydrogen-bond acceptors (Lipinski definition) is 2. The molecule has 1 aromatic rings. The topological polar surface area (TPSA) is 38.3 Å². The highest BCUT2D eigenvalue weighted by Crippen LogP contribution is 2.22. The van der Waals surface area contributed by atoms with Crippen molar-refractivity contribution in [2.75, 3.05) is 0 Å². The van der Waals surface area contributed by atoms with Crippen LogP contribution in [0.4, 0.5) is 13.2 Å². The third kappa shape index (κ3) is 4.81. The third-order valence-electron chi connectivity index (χ3n) is 2.33. The molecule has 1 atom stereocenters. The van der Waals surface area contributed by atoms with Gasteiger partial charge in [0.05, 0.1) is 12.1 Å². The number of ether oxygens (including phenoxy) is 1. The van der Waals surface area contributed by atoms with Gasteiger partial charge in [0, 0.05) is 0 Å². The molecule has 3 nitrogen and oxygen atoms in total. The van der Waals surface area contributed by atoms with E-state index in [0.717, 1.165) is 0 Å². The van der Waals surface area contributed by atoms with Gasteiger partial charge in [0.15, 0.2) is 0 Å². The van der Waals surface area contributed by atoms with Gasteiger partial charge in [-0.3, -0.25) is 4.79 Å². The van der Waals surface area contributed by atoms with Gasteiger partial charge in [-0.25, -0.2) is 0 Å². The van der Waals surface area contributed by atoms with Gasteiger partial charge in [-0.1, -0.05) is 12.1 Å². The standard InChI is InChI=1S/C13H16F3NO2/c1-8(2)19-11-6-4-5-10(7-11)9(3)17-12(18)13(14,15)16/h4-9H,1-3H3,(H,17,18). The lowest BCUT2D eigenvalue weighted by molar-refractivity contribution is -0.174. The molecule has 0 saturated heterocycles. The molecular formula is C13H16F3NO2. The molecule has 0 fully saturated rings. The number of nitrogens with one attached hydrogen (secondary N) is 1. The largest absolute Gasteiger partial charge is 0.491 e. The lowest BCUT2D eigenvalue weighted by atomic mass is 10.1. The maximum absolute atomic E-state index is 12.1. The van der Waals surface area contributed by atoms with Crippen LogP contribution >= 0.6 is 0 Å². The predicted octanol–water partition coefficient (Wildman–Crippen LogP) is 3.21. The van der Waals surface area contributed by atoms with Crippen molar-refractivity contribution in [1.82, 2.24) is 5.32 Å². The van der Waals surface area contributed by atoms with Crippen molar-refractivity contribution in [3.05, 3.63) is 29.8 Å². The summed E-state index contributed by atoms with van der Waals surface area (Å²) in [6.07, 6.45) is -4.91. The molecule has 6 heteroatoms. The Balaban J connectivity index is 2.77. The first-order chi connectivity index (χ1) is 8.70. The Labute approximate surface area is 109 Å². The second kappa shape index (κ2) is 5.95. The second-order valence-electron chi connectivity index (χ2n) is 4.43. The first-order valence-corrected chi connectivity index (χ1v) is 5.84. The zero-order chi connectivity index (χ0) is 14.6. The van der Waals surface area contributed by atoms with Gasteiger partial charge in [0.1, 0.15) is 5.75 Å². The normalized spacial score (nSPS) is 13.2. The Morgan fingerprint density at radius 3 is 2.42 bits per heavy atom. The van der Waals surface area contributed by atoms with Crippen LogP contribution in [0.25, 0.3) is 0 Å². The molecule has 1 rings (SSSR count). The molecular weight excluding hydrogens is 259 g/mol. The molecule has 0 aliphatic rings. The second-order valence-corrected chi connectivity index (χ2v) is 4.43. The zero-order valence-corrected chi connectivity index (χ0v) is 10.9. The minimum absolute atomic E-state index is 0.0321. The molecule has 0 radical (unpaired) electrons. The highest BCUT2D eigenvalue weighted by Gasteiger charge is 2.39. The van der Waals surface area contributed by atoms with Crippen molar-refractivity contribution in [1.29, 1.82) is 0 Å². The van der Waals surface area contributed by atoms with E-state index in [9.17, 15) is 18.0 Å². The van der Waals surface area contributed by atoms with Crippen molar-refractivity contribution in [2.45, 2.75) is 39.1 Å². The fourth-order valence-electron chi connectivity index (χ4n) is 1.49. The number of rotatable bonds is 4. The van der Waals surface area contributed by atoms with Crippen molar-refractivity contribution in [2.24, 2.45) is 0 Å². The van der Waals surface area contributed by atoms with E-state index in [1.54, 1.807) is 24.3 Å². The fraction of sp³-hybridized carbons (Fsp3) is 0.462.